The Morgan fingerprint density at radius 3 is 2.64 bits per heavy atom. The van der Waals surface area contributed by atoms with E-state index in [1.807, 2.05) is 62.1 Å². The molecule has 0 aromatic heterocycles. The van der Waals surface area contributed by atoms with Gasteiger partial charge in [-0.3, -0.25) is 9.59 Å². The molecule has 2 amide bonds. The van der Waals surface area contributed by atoms with Gasteiger partial charge < -0.3 is 34.5 Å². The molecular formula is C30H41N3O6. The van der Waals surface area contributed by atoms with E-state index in [0.717, 1.165) is 30.8 Å². The van der Waals surface area contributed by atoms with Gasteiger partial charge in [-0.2, -0.15) is 0 Å². The summed E-state index contributed by atoms with van der Waals surface area (Å²) in [6, 6.07) is 13.0. The van der Waals surface area contributed by atoms with E-state index in [9.17, 15) is 9.59 Å². The third-order valence-corrected chi connectivity index (χ3v) is 7.32. The third kappa shape index (κ3) is 7.42. The number of benzene rings is 2. The second-order valence-electron chi connectivity index (χ2n) is 10.5. The zero-order valence-electron chi connectivity index (χ0n) is 23.4. The van der Waals surface area contributed by atoms with E-state index in [0.29, 0.717) is 43.4 Å². The molecule has 2 aromatic carbocycles. The van der Waals surface area contributed by atoms with Crippen LogP contribution in [0.4, 0.5) is 0 Å². The van der Waals surface area contributed by atoms with Gasteiger partial charge in [-0.05, 0) is 62.4 Å². The zero-order valence-corrected chi connectivity index (χ0v) is 23.4. The van der Waals surface area contributed by atoms with Crippen molar-refractivity contribution in [1.29, 1.82) is 0 Å². The van der Waals surface area contributed by atoms with Crippen molar-refractivity contribution >= 4 is 11.8 Å². The van der Waals surface area contributed by atoms with Crippen molar-refractivity contribution in [2.75, 3.05) is 53.1 Å². The Balaban J connectivity index is 1.34. The molecule has 0 bridgehead atoms. The van der Waals surface area contributed by atoms with Crippen LogP contribution in [-0.2, 0) is 9.53 Å². The molecule has 212 valence electrons. The Morgan fingerprint density at radius 1 is 1.10 bits per heavy atom. The predicted molar refractivity (Wildman–Crippen MR) is 149 cm³/mol. The van der Waals surface area contributed by atoms with Crippen LogP contribution < -0.4 is 24.8 Å². The standard InChI is InChI=1S/C30H41N3O6/c1-20(2)33(30(35)22-11-10-21(3)27(14-22)37-13-7-12-36-4)18-24-16-31-15-23(24)17-32-29(34)28-19-38-25-8-5-6-9-26(25)39-28/h5-6,8-11,14,20,23-24,28,31H,7,12-13,15-19H2,1-4H3,(H,32,34)/t23-,24-,28-/m0/s1. The largest absolute Gasteiger partial charge is 0.493 e. The summed E-state index contributed by atoms with van der Waals surface area (Å²) < 4.78 is 22.6. The molecule has 0 aliphatic carbocycles. The average molecular weight is 540 g/mol. The van der Waals surface area contributed by atoms with E-state index in [4.69, 9.17) is 18.9 Å². The van der Waals surface area contributed by atoms with Crippen molar-refractivity contribution in [2.45, 2.75) is 39.3 Å². The summed E-state index contributed by atoms with van der Waals surface area (Å²) in [6.45, 7) is 10.1. The van der Waals surface area contributed by atoms with Crippen LogP contribution in [0.1, 0.15) is 36.2 Å². The second-order valence-corrected chi connectivity index (χ2v) is 10.5. The molecule has 0 unspecified atom stereocenters. The smallest absolute Gasteiger partial charge is 0.264 e. The van der Waals surface area contributed by atoms with Crippen LogP contribution in [0.3, 0.4) is 0 Å². The number of hydrogen-bond acceptors (Lipinski definition) is 7. The lowest BCUT2D eigenvalue weighted by atomic mass is 9.94. The van der Waals surface area contributed by atoms with Crippen LogP contribution in [0.2, 0.25) is 0 Å². The quantitative estimate of drug-likeness (QED) is 0.400. The monoisotopic (exact) mass is 539 g/mol. The van der Waals surface area contributed by atoms with Crippen LogP contribution in [0.15, 0.2) is 42.5 Å². The summed E-state index contributed by atoms with van der Waals surface area (Å²) in [5.74, 6) is 2.14. The lowest BCUT2D eigenvalue weighted by Gasteiger charge is -2.32. The van der Waals surface area contributed by atoms with E-state index in [1.165, 1.54) is 0 Å². The Kier molecular flexibility index (Phi) is 10.1. The number of carbonyl (C=O) groups is 2. The maximum Gasteiger partial charge on any atom is 0.264 e. The first-order valence-corrected chi connectivity index (χ1v) is 13.8. The first-order valence-electron chi connectivity index (χ1n) is 13.8. The summed E-state index contributed by atoms with van der Waals surface area (Å²) in [5.41, 5.74) is 1.60. The number of methoxy groups -OCH3 is 1. The second kappa shape index (κ2) is 13.7. The van der Waals surface area contributed by atoms with Gasteiger partial charge in [-0.1, -0.05) is 18.2 Å². The minimum absolute atomic E-state index is 0.0205. The van der Waals surface area contributed by atoms with E-state index < -0.39 is 6.10 Å². The molecule has 9 nitrogen and oxygen atoms in total. The molecule has 0 radical (unpaired) electrons. The van der Waals surface area contributed by atoms with Gasteiger partial charge in [0.1, 0.15) is 12.4 Å². The number of ether oxygens (including phenoxy) is 4. The fourth-order valence-corrected chi connectivity index (χ4v) is 4.95. The Labute approximate surface area is 231 Å². The van der Waals surface area contributed by atoms with E-state index in [2.05, 4.69) is 10.6 Å². The molecule has 2 heterocycles. The molecule has 1 fully saturated rings. The maximum absolute atomic E-state index is 13.6. The summed E-state index contributed by atoms with van der Waals surface area (Å²) in [5, 5.41) is 6.48. The molecule has 4 rings (SSSR count). The first-order chi connectivity index (χ1) is 18.9. The molecule has 0 spiro atoms. The van der Waals surface area contributed by atoms with Crippen LogP contribution >= 0.6 is 0 Å². The van der Waals surface area contributed by atoms with Gasteiger partial charge in [-0.25, -0.2) is 0 Å². The Morgan fingerprint density at radius 2 is 1.87 bits per heavy atom. The molecule has 1 saturated heterocycles. The summed E-state index contributed by atoms with van der Waals surface area (Å²) in [6.07, 6.45) is 0.0976. The van der Waals surface area contributed by atoms with Gasteiger partial charge >= 0.3 is 0 Å². The zero-order chi connectivity index (χ0) is 27.8. The number of aryl methyl sites for hydroxylation is 1. The normalized spacial score (nSPS) is 20.1. The summed E-state index contributed by atoms with van der Waals surface area (Å²) in [7, 11) is 1.67. The lowest BCUT2D eigenvalue weighted by molar-refractivity contribution is -0.130. The topological polar surface area (TPSA) is 98.4 Å². The van der Waals surface area contributed by atoms with E-state index >= 15 is 0 Å². The Bertz CT molecular complexity index is 1120. The van der Waals surface area contributed by atoms with Crippen molar-refractivity contribution in [3.8, 4) is 17.2 Å². The molecule has 9 heteroatoms. The SMILES string of the molecule is COCCCOc1cc(C(=O)N(C[C@@H]2CNC[C@H]2CNC(=O)[C@@H]2COc3ccccc3O2)C(C)C)ccc1C. The van der Waals surface area contributed by atoms with Crippen molar-refractivity contribution < 1.29 is 28.5 Å². The number of nitrogens with zero attached hydrogens (tertiary/aromatic N) is 1. The van der Waals surface area contributed by atoms with Gasteiger partial charge in [0.05, 0.1) is 6.61 Å². The van der Waals surface area contributed by atoms with Crippen molar-refractivity contribution in [3.63, 3.8) is 0 Å². The first kappa shape index (κ1) is 28.7. The molecular weight excluding hydrogens is 498 g/mol. The molecule has 2 N–H and O–H groups in total. The van der Waals surface area contributed by atoms with Crippen molar-refractivity contribution in [3.05, 3.63) is 53.6 Å². The summed E-state index contributed by atoms with van der Waals surface area (Å²) >= 11 is 0. The predicted octanol–water partition coefficient (Wildman–Crippen LogP) is 3.05. The van der Waals surface area contributed by atoms with Crippen molar-refractivity contribution in [1.82, 2.24) is 15.5 Å². The number of para-hydroxylation sites is 2. The van der Waals surface area contributed by atoms with Gasteiger partial charge in [0.2, 0.25) is 6.10 Å². The molecule has 2 aliphatic heterocycles. The van der Waals surface area contributed by atoms with E-state index in [1.54, 1.807) is 13.2 Å². The van der Waals surface area contributed by atoms with Gasteiger partial charge in [-0.15, -0.1) is 0 Å². The average Bonchev–Trinajstić information content (AvgIpc) is 3.39. The molecule has 2 aliphatic rings. The lowest BCUT2D eigenvalue weighted by Crippen LogP contribution is -2.47. The summed E-state index contributed by atoms with van der Waals surface area (Å²) in [4.78, 5) is 28.4. The van der Waals surface area contributed by atoms with Gasteiger partial charge in [0.15, 0.2) is 11.5 Å². The Hall–Kier alpha value is -3.30. The highest BCUT2D eigenvalue weighted by atomic mass is 16.6. The molecule has 0 saturated carbocycles. The minimum Gasteiger partial charge on any atom is -0.493 e. The van der Waals surface area contributed by atoms with Gasteiger partial charge in [0, 0.05) is 57.9 Å². The molecule has 39 heavy (non-hydrogen) atoms. The van der Waals surface area contributed by atoms with E-state index in [-0.39, 0.29) is 36.3 Å². The van der Waals surface area contributed by atoms with Crippen molar-refractivity contribution in [2.24, 2.45) is 11.8 Å². The number of hydrogen-bond donors (Lipinski definition) is 2. The highest BCUT2D eigenvalue weighted by Crippen LogP contribution is 2.31. The third-order valence-electron chi connectivity index (χ3n) is 7.32. The van der Waals surface area contributed by atoms with Crippen LogP contribution in [0, 0.1) is 18.8 Å². The minimum atomic E-state index is -0.686. The molecule has 2 aromatic rings. The van der Waals surface area contributed by atoms with Crippen LogP contribution in [0.25, 0.3) is 0 Å². The number of rotatable bonds is 12. The highest BCUT2D eigenvalue weighted by Gasteiger charge is 2.33. The number of fused-ring (bicyclic) bond motifs is 1. The highest BCUT2D eigenvalue weighted by molar-refractivity contribution is 5.95. The molecule has 3 atom stereocenters. The number of nitrogens with one attached hydrogen (secondary N) is 2. The van der Waals surface area contributed by atoms with Gasteiger partial charge in [0.25, 0.3) is 11.8 Å². The number of amides is 2. The fourth-order valence-electron chi connectivity index (χ4n) is 4.95. The van der Waals surface area contributed by atoms with Crippen LogP contribution in [-0.4, -0.2) is 82.0 Å². The maximum atomic E-state index is 13.6. The number of carbonyl (C=O) groups excluding carboxylic acids is 2. The van der Waals surface area contributed by atoms with Crippen LogP contribution in [0.5, 0.6) is 17.2 Å². The fraction of sp³-hybridized carbons (Fsp3) is 0.533.